The van der Waals surface area contributed by atoms with Crippen LogP contribution in [0.1, 0.15) is 0 Å². The molecule has 0 bridgehead atoms. The van der Waals surface area contributed by atoms with Gasteiger partial charge in [0.1, 0.15) is 0 Å². The second kappa shape index (κ2) is 5.62. The second-order valence-corrected chi connectivity index (χ2v) is 5.36. The lowest BCUT2D eigenvalue weighted by molar-refractivity contribution is 0.589. The maximum absolute atomic E-state index is 6.18. The Labute approximate surface area is 128 Å². The summed E-state index contributed by atoms with van der Waals surface area (Å²) in [5.74, 6) is 1.27. The maximum Gasteiger partial charge on any atom is 0.226 e. The molecule has 3 rings (SSSR count). The largest absolute Gasteiger partial charge is 0.436 e. The van der Waals surface area contributed by atoms with Gasteiger partial charge in [0, 0.05) is 30.9 Å². The van der Waals surface area contributed by atoms with Gasteiger partial charge in [-0.25, -0.2) is 4.98 Å². The van der Waals surface area contributed by atoms with Gasteiger partial charge in [-0.15, -0.1) is 0 Å². The van der Waals surface area contributed by atoms with Gasteiger partial charge in [-0.05, 0) is 36.4 Å². The predicted molar refractivity (Wildman–Crippen MR) is 86.7 cm³/mol. The fourth-order valence-corrected chi connectivity index (χ4v) is 2.32. The third kappa shape index (κ3) is 2.78. The minimum absolute atomic E-state index is 0.593. The summed E-state index contributed by atoms with van der Waals surface area (Å²) < 4.78 is 5.83. The molecule has 0 aliphatic heterocycles. The van der Waals surface area contributed by atoms with E-state index in [0.717, 1.165) is 16.8 Å². The summed E-state index contributed by atoms with van der Waals surface area (Å²) in [5.41, 5.74) is 2.93. The van der Waals surface area contributed by atoms with Crippen LogP contribution in [0.15, 0.2) is 59.1 Å². The number of rotatable bonds is 3. The van der Waals surface area contributed by atoms with Crippen molar-refractivity contribution >= 4 is 17.3 Å². The molecule has 0 aliphatic rings. The van der Waals surface area contributed by atoms with E-state index in [2.05, 4.69) is 9.88 Å². The molecule has 0 saturated carbocycles. The van der Waals surface area contributed by atoms with Gasteiger partial charge in [0.2, 0.25) is 5.89 Å². The second-order valence-electron chi connectivity index (χ2n) is 4.95. The molecule has 3 aromatic rings. The molecule has 0 aliphatic carbocycles. The fraction of sp³-hybridized carbons (Fsp3) is 0.118. The molecule has 0 unspecified atom stereocenters. The first-order chi connectivity index (χ1) is 10.1. The van der Waals surface area contributed by atoms with Gasteiger partial charge in [-0.1, -0.05) is 23.7 Å². The van der Waals surface area contributed by atoms with Crippen LogP contribution >= 0.6 is 11.6 Å². The monoisotopic (exact) mass is 298 g/mol. The van der Waals surface area contributed by atoms with Crippen LogP contribution < -0.4 is 4.90 Å². The Bertz CT molecular complexity index is 747. The summed E-state index contributed by atoms with van der Waals surface area (Å²) >= 11 is 6.18. The number of hydrogen-bond donors (Lipinski definition) is 0. The maximum atomic E-state index is 6.18. The highest BCUT2D eigenvalue weighted by atomic mass is 35.5. The Morgan fingerprint density at radius 3 is 2.38 bits per heavy atom. The number of halogens is 1. The van der Waals surface area contributed by atoms with Crippen molar-refractivity contribution in [1.29, 1.82) is 0 Å². The molecule has 21 heavy (non-hydrogen) atoms. The number of nitrogens with zero attached hydrogens (tertiary/aromatic N) is 2. The van der Waals surface area contributed by atoms with Crippen LogP contribution in [0.25, 0.3) is 22.8 Å². The summed E-state index contributed by atoms with van der Waals surface area (Å²) in [7, 11) is 4.02. The van der Waals surface area contributed by atoms with Crippen LogP contribution in [0, 0.1) is 0 Å². The number of aromatic nitrogens is 1. The predicted octanol–water partition coefficient (Wildman–Crippen LogP) is 4.73. The van der Waals surface area contributed by atoms with Crippen molar-refractivity contribution in [1.82, 2.24) is 4.98 Å². The molecule has 0 spiro atoms. The smallest absolute Gasteiger partial charge is 0.226 e. The summed E-state index contributed by atoms with van der Waals surface area (Å²) in [5, 5.41) is 0.656. The Kier molecular flexibility index (Phi) is 3.67. The van der Waals surface area contributed by atoms with Crippen molar-refractivity contribution < 1.29 is 4.42 Å². The summed E-state index contributed by atoms with van der Waals surface area (Å²) in [4.78, 5) is 6.39. The summed E-state index contributed by atoms with van der Waals surface area (Å²) in [6.07, 6.45) is 1.70. The topological polar surface area (TPSA) is 29.3 Å². The van der Waals surface area contributed by atoms with Crippen molar-refractivity contribution in [2.45, 2.75) is 0 Å². The van der Waals surface area contributed by atoms with E-state index in [4.69, 9.17) is 16.0 Å². The molecule has 0 fully saturated rings. The molecule has 106 valence electrons. The summed E-state index contributed by atoms with van der Waals surface area (Å²) in [6, 6.07) is 15.6. The van der Waals surface area contributed by atoms with Crippen LogP contribution in [0.4, 0.5) is 5.69 Å². The molecule has 1 aromatic heterocycles. The first kappa shape index (κ1) is 13.7. The van der Waals surface area contributed by atoms with Gasteiger partial charge < -0.3 is 9.32 Å². The minimum atomic E-state index is 0.593. The number of oxazole rings is 1. The van der Waals surface area contributed by atoms with Crippen LogP contribution in [0.5, 0.6) is 0 Å². The first-order valence-electron chi connectivity index (χ1n) is 6.63. The van der Waals surface area contributed by atoms with E-state index in [1.165, 1.54) is 0 Å². The molecule has 0 saturated heterocycles. The van der Waals surface area contributed by atoms with E-state index >= 15 is 0 Å². The highest BCUT2D eigenvalue weighted by Gasteiger charge is 2.11. The Morgan fingerprint density at radius 1 is 1.00 bits per heavy atom. The van der Waals surface area contributed by atoms with Crippen LogP contribution in [-0.2, 0) is 0 Å². The van der Waals surface area contributed by atoms with Crippen LogP contribution in [-0.4, -0.2) is 19.1 Å². The van der Waals surface area contributed by atoms with E-state index in [1.807, 2.05) is 62.6 Å². The number of benzene rings is 2. The summed E-state index contributed by atoms with van der Waals surface area (Å²) in [6.45, 7) is 0. The minimum Gasteiger partial charge on any atom is -0.436 e. The molecule has 3 nitrogen and oxygen atoms in total. The molecule has 1 heterocycles. The van der Waals surface area contributed by atoms with E-state index in [-0.39, 0.29) is 0 Å². The van der Waals surface area contributed by atoms with Crippen LogP contribution in [0.2, 0.25) is 5.02 Å². The lowest BCUT2D eigenvalue weighted by Gasteiger charge is -2.11. The standard InChI is InChI=1S/C17H15ClN2O/c1-20(2)13-9-7-12(8-10-13)17-19-11-16(21-17)14-5-3-4-6-15(14)18/h3-11H,1-2H3. The van der Waals surface area contributed by atoms with Gasteiger partial charge in [0.15, 0.2) is 5.76 Å². The van der Waals surface area contributed by atoms with Crippen molar-refractivity contribution in [3.63, 3.8) is 0 Å². The average Bonchev–Trinajstić information content (AvgIpc) is 2.97. The van der Waals surface area contributed by atoms with E-state index in [0.29, 0.717) is 16.7 Å². The van der Waals surface area contributed by atoms with Gasteiger partial charge in [0.05, 0.1) is 11.2 Å². The fourth-order valence-electron chi connectivity index (χ4n) is 2.10. The van der Waals surface area contributed by atoms with Gasteiger partial charge in [-0.2, -0.15) is 0 Å². The normalized spacial score (nSPS) is 10.6. The molecule has 0 N–H and O–H groups in total. The Balaban J connectivity index is 1.93. The molecule has 0 atom stereocenters. The zero-order chi connectivity index (χ0) is 14.8. The van der Waals surface area contributed by atoms with E-state index in [1.54, 1.807) is 6.20 Å². The van der Waals surface area contributed by atoms with Gasteiger partial charge in [-0.3, -0.25) is 0 Å². The SMILES string of the molecule is CN(C)c1ccc(-c2ncc(-c3ccccc3Cl)o2)cc1. The molecular weight excluding hydrogens is 284 g/mol. The van der Waals surface area contributed by atoms with Crippen molar-refractivity contribution in [2.24, 2.45) is 0 Å². The third-order valence-electron chi connectivity index (χ3n) is 3.28. The molecule has 2 aromatic carbocycles. The Morgan fingerprint density at radius 2 is 1.71 bits per heavy atom. The average molecular weight is 299 g/mol. The van der Waals surface area contributed by atoms with E-state index in [9.17, 15) is 0 Å². The lowest BCUT2D eigenvalue weighted by atomic mass is 10.2. The third-order valence-corrected chi connectivity index (χ3v) is 3.61. The molecule has 4 heteroatoms. The van der Waals surface area contributed by atoms with Crippen LogP contribution in [0.3, 0.4) is 0 Å². The zero-order valence-corrected chi connectivity index (χ0v) is 12.6. The highest BCUT2D eigenvalue weighted by molar-refractivity contribution is 6.33. The molecular formula is C17H15ClN2O. The van der Waals surface area contributed by atoms with Gasteiger partial charge >= 0.3 is 0 Å². The molecule has 0 amide bonds. The highest BCUT2D eigenvalue weighted by Crippen LogP contribution is 2.31. The zero-order valence-electron chi connectivity index (χ0n) is 11.9. The van der Waals surface area contributed by atoms with Crippen molar-refractivity contribution in [3.8, 4) is 22.8 Å². The van der Waals surface area contributed by atoms with Crippen molar-refractivity contribution in [3.05, 3.63) is 59.8 Å². The van der Waals surface area contributed by atoms with Crippen molar-refractivity contribution in [2.75, 3.05) is 19.0 Å². The molecule has 0 radical (unpaired) electrons. The first-order valence-corrected chi connectivity index (χ1v) is 7.01. The number of hydrogen-bond acceptors (Lipinski definition) is 3. The number of anilines is 1. The lowest BCUT2D eigenvalue weighted by Crippen LogP contribution is -2.07. The quantitative estimate of drug-likeness (QED) is 0.700. The Hall–Kier alpha value is -2.26. The van der Waals surface area contributed by atoms with E-state index < -0.39 is 0 Å². The van der Waals surface area contributed by atoms with Gasteiger partial charge in [0.25, 0.3) is 0 Å².